The third-order valence-electron chi connectivity index (χ3n) is 2.92. The van der Waals surface area contributed by atoms with Gasteiger partial charge in [0.1, 0.15) is 0 Å². The van der Waals surface area contributed by atoms with Crippen molar-refractivity contribution in [1.29, 1.82) is 0 Å². The third-order valence-corrected chi connectivity index (χ3v) is 2.92. The average molecular weight is 186 g/mol. The van der Waals surface area contributed by atoms with Crippen LogP contribution in [0.1, 0.15) is 13.8 Å². The lowest BCUT2D eigenvalue weighted by atomic mass is 9.98. The molecule has 1 aliphatic heterocycles. The van der Waals surface area contributed by atoms with Crippen LogP contribution in [0.15, 0.2) is 0 Å². The van der Waals surface area contributed by atoms with Gasteiger partial charge in [-0.3, -0.25) is 0 Å². The number of hydrogen-bond acceptors (Lipinski definition) is 3. The Morgan fingerprint density at radius 1 is 1.54 bits per heavy atom. The Balaban J connectivity index is 2.05. The van der Waals surface area contributed by atoms with Gasteiger partial charge in [-0.25, -0.2) is 0 Å². The second-order valence-electron chi connectivity index (χ2n) is 4.10. The fourth-order valence-corrected chi connectivity index (χ4v) is 1.69. The highest BCUT2D eigenvalue weighted by molar-refractivity contribution is 4.79. The summed E-state index contributed by atoms with van der Waals surface area (Å²) in [5.74, 6) is 1.61. The zero-order chi connectivity index (χ0) is 9.68. The molecule has 0 bridgehead atoms. The second kappa shape index (κ2) is 5.58. The number of nitrogens with one attached hydrogen (secondary N) is 2. The zero-order valence-electron chi connectivity index (χ0n) is 8.97. The quantitative estimate of drug-likeness (QED) is 0.654. The molecule has 1 unspecified atom stereocenters. The van der Waals surface area contributed by atoms with E-state index in [1.807, 2.05) is 0 Å². The van der Waals surface area contributed by atoms with Crippen LogP contribution in [-0.4, -0.2) is 39.4 Å². The van der Waals surface area contributed by atoms with Crippen molar-refractivity contribution in [2.75, 3.05) is 33.3 Å². The molecule has 3 atom stereocenters. The molecule has 13 heavy (non-hydrogen) atoms. The Bertz CT molecular complexity index is 141. The highest BCUT2D eigenvalue weighted by atomic mass is 16.5. The van der Waals surface area contributed by atoms with Crippen LogP contribution in [0.4, 0.5) is 0 Å². The molecule has 0 aromatic carbocycles. The highest BCUT2D eigenvalue weighted by Gasteiger charge is 2.22. The monoisotopic (exact) mass is 186 g/mol. The SMILES string of the molecule is COC(C)CNC[C@@H]1CNC[C@H]1C. The predicted octanol–water partition coefficient (Wildman–Crippen LogP) is 0.466. The minimum absolute atomic E-state index is 0.324. The summed E-state index contributed by atoms with van der Waals surface area (Å²) in [7, 11) is 1.76. The maximum absolute atomic E-state index is 5.16. The van der Waals surface area contributed by atoms with Gasteiger partial charge in [-0.05, 0) is 38.4 Å². The predicted molar refractivity (Wildman–Crippen MR) is 54.9 cm³/mol. The number of methoxy groups -OCH3 is 1. The molecule has 0 saturated carbocycles. The molecule has 78 valence electrons. The highest BCUT2D eigenvalue weighted by Crippen LogP contribution is 2.14. The van der Waals surface area contributed by atoms with Crippen LogP contribution in [0.5, 0.6) is 0 Å². The Hall–Kier alpha value is -0.120. The first-order valence-corrected chi connectivity index (χ1v) is 5.18. The molecule has 0 amide bonds. The molecule has 2 N–H and O–H groups in total. The fraction of sp³-hybridized carbons (Fsp3) is 1.00. The van der Waals surface area contributed by atoms with E-state index >= 15 is 0 Å². The van der Waals surface area contributed by atoms with Gasteiger partial charge in [0.25, 0.3) is 0 Å². The first-order chi connectivity index (χ1) is 6.24. The molecule has 0 radical (unpaired) electrons. The molecular formula is C10H22N2O. The molecule has 3 heteroatoms. The van der Waals surface area contributed by atoms with Gasteiger partial charge in [-0.1, -0.05) is 6.92 Å². The Kier molecular flexibility index (Phi) is 4.70. The lowest BCUT2D eigenvalue weighted by Gasteiger charge is -2.16. The molecule has 1 aliphatic rings. The average Bonchev–Trinajstić information content (AvgIpc) is 2.52. The van der Waals surface area contributed by atoms with Crippen molar-refractivity contribution in [3.8, 4) is 0 Å². The van der Waals surface area contributed by atoms with Gasteiger partial charge in [0.05, 0.1) is 6.10 Å². The van der Waals surface area contributed by atoms with Crippen molar-refractivity contribution >= 4 is 0 Å². The fourth-order valence-electron chi connectivity index (χ4n) is 1.69. The van der Waals surface area contributed by atoms with Crippen molar-refractivity contribution in [2.45, 2.75) is 20.0 Å². The molecule has 0 aliphatic carbocycles. The van der Waals surface area contributed by atoms with E-state index in [4.69, 9.17) is 4.74 Å². The minimum atomic E-state index is 0.324. The number of rotatable bonds is 5. The molecular weight excluding hydrogens is 164 g/mol. The largest absolute Gasteiger partial charge is 0.380 e. The number of ether oxygens (including phenoxy) is 1. The van der Waals surface area contributed by atoms with E-state index in [0.717, 1.165) is 31.5 Å². The summed E-state index contributed by atoms with van der Waals surface area (Å²) in [4.78, 5) is 0. The van der Waals surface area contributed by atoms with Crippen molar-refractivity contribution in [3.63, 3.8) is 0 Å². The summed E-state index contributed by atoms with van der Waals surface area (Å²) >= 11 is 0. The molecule has 3 nitrogen and oxygen atoms in total. The molecule has 1 fully saturated rings. The molecule has 1 heterocycles. The van der Waals surface area contributed by atoms with Crippen molar-refractivity contribution in [1.82, 2.24) is 10.6 Å². The van der Waals surface area contributed by atoms with Gasteiger partial charge in [0.2, 0.25) is 0 Å². The summed E-state index contributed by atoms with van der Waals surface area (Å²) in [6, 6.07) is 0. The van der Waals surface area contributed by atoms with E-state index < -0.39 is 0 Å². The third kappa shape index (κ3) is 3.63. The van der Waals surface area contributed by atoms with Crippen molar-refractivity contribution in [3.05, 3.63) is 0 Å². The second-order valence-corrected chi connectivity index (χ2v) is 4.10. The Morgan fingerprint density at radius 3 is 2.85 bits per heavy atom. The van der Waals surface area contributed by atoms with E-state index in [0.29, 0.717) is 6.10 Å². The molecule has 0 aromatic heterocycles. The van der Waals surface area contributed by atoms with Crippen molar-refractivity contribution in [2.24, 2.45) is 11.8 Å². The minimum Gasteiger partial charge on any atom is -0.380 e. The van der Waals surface area contributed by atoms with Gasteiger partial charge >= 0.3 is 0 Å². The van der Waals surface area contributed by atoms with E-state index in [1.54, 1.807) is 7.11 Å². The van der Waals surface area contributed by atoms with E-state index in [-0.39, 0.29) is 0 Å². The summed E-state index contributed by atoms with van der Waals surface area (Å²) < 4.78 is 5.16. The van der Waals surface area contributed by atoms with Gasteiger partial charge < -0.3 is 15.4 Å². The topological polar surface area (TPSA) is 33.3 Å². The summed E-state index contributed by atoms with van der Waals surface area (Å²) in [5.41, 5.74) is 0. The number of hydrogen-bond donors (Lipinski definition) is 2. The molecule has 0 aromatic rings. The first kappa shape index (κ1) is 11.0. The maximum Gasteiger partial charge on any atom is 0.0667 e. The smallest absolute Gasteiger partial charge is 0.0667 e. The van der Waals surface area contributed by atoms with Crippen LogP contribution >= 0.6 is 0 Å². The normalized spacial score (nSPS) is 30.7. The molecule has 0 spiro atoms. The van der Waals surface area contributed by atoms with Crippen LogP contribution in [-0.2, 0) is 4.74 Å². The van der Waals surface area contributed by atoms with Gasteiger partial charge in [-0.15, -0.1) is 0 Å². The summed E-state index contributed by atoms with van der Waals surface area (Å²) in [6.45, 7) is 8.80. The van der Waals surface area contributed by atoms with Gasteiger partial charge in [-0.2, -0.15) is 0 Å². The zero-order valence-corrected chi connectivity index (χ0v) is 8.97. The lowest BCUT2D eigenvalue weighted by Crippen LogP contribution is -2.32. The van der Waals surface area contributed by atoms with Gasteiger partial charge in [0, 0.05) is 13.7 Å². The van der Waals surface area contributed by atoms with Crippen LogP contribution in [0, 0.1) is 11.8 Å². The summed E-state index contributed by atoms with van der Waals surface area (Å²) in [6.07, 6.45) is 0.324. The van der Waals surface area contributed by atoms with E-state index in [1.165, 1.54) is 6.54 Å². The van der Waals surface area contributed by atoms with Crippen LogP contribution in [0.3, 0.4) is 0 Å². The Morgan fingerprint density at radius 2 is 2.31 bits per heavy atom. The van der Waals surface area contributed by atoms with E-state index in [9.17, 15) is 0 Å². The lowest BCUT2D eigenvalue weighted by molar-refractivity contribution is 0.116. The van der Waals surface area contributed by atoms with Crippen LogP contribution < -0.4 is 10.6 Å². The Labute approximate surface area is 81.2 Å². The van der Waals surface area contributed by atoms with Crippen LogP contribution in [0.2, 0.25) is 0 Å². The molecule has 1 rings (SSSR count). The maximum atomic E-state index is 5.16. The first-order valence-electron chi connectivity index (χ1n) is 5.18. The molecule has 1 saturated heterocycles. The standard InChI is InChI=1S/C10H22N2O/c1-8-4-11-6-10(8)7-12-5-9(2)13-3/h8-12H,4-7H2,1-3H3/t8-,9?,10+/m1/s1. The summed E-state index contributed by atoms with van der Waals surface area (Å²) in [5, 5.41) is 6.85. The van der Waals surface area contributed by atoms with Gasteiger partial charge in [0.15, 0.2) is 0 Å². The van der Waals surface area contributed by atoms with Crippen LogP contribution in [0.25, 0.3) is 0 Å². The van der Waals surface area contributed by atoms with E-state index in [2.05, 4.69) is 24.5 Å². The van der Waals surface area contributed by atoms with Crippen molar-refractivity contribution < 1.29 is 4.74 Å².